The Morgan fingerprint density at radius 2 is 2.00 bits per heavy atom. The van der Waals surface area contributed by atoms with Crippen LogP contribution >= 0.6 is 0 Å². The van der Waals surface area contributed by atoms with Gasteiger partial charge in [0.25, 0.3) is 0 Å². The molecule has 17 heavy (non-hydrogen) atoms. The minimum Gasteiger partial charge on any atom is -0.430 e. The smallest absolute Gasteiger partial charge is 0.371 e. The van der Waals surface area contributed by atoms with Gasteiger partial charge >= 0.3 is 11.9 Å². The Hall–Kier alpha value is -1.81. The average Bonchev–Trinajstić information content (AvgIpc) is 2.30. The van der Waals surface area contributed by atoms with E-state index >= 15 is 0 Å². The quantitative estimate of drug-likeness (QED) is 0.484. The zero-order valence-corrected chi connectivity index (χ0v) is 9.97. The van der Waals surface area contributed by atoms with Crippen LogP contribution in [0.15, 0.2) is 42.5 Å². The molecule has 0 saturated carbocycles. The van der Waals surface area contributed by atoms with Gasteiger partial charge < -0.3 is 14.6 Å². The molecule has 4 heteroatoms. The molecule has 1 unspecified atom stereocenters. The van der Waals surface area contributed by atoms with Gasteiger partial charge in [-0.25, -0.2) is 4.79 Å². The fourth-order valence-corrected chi connectivity index (χ4v) is 1.07. The van der Waals surface area contributed by atoms with Crippen molar-refractivity contribution in [2.45, 2.75) is 26.2 Å². The maximum atomic E-state index is 11.3. The van der Waals surface area contributed by atoms with E-state index < -0.39 is 11.9 Å². The number of hydrogen-bond acceptors (Lipinski definition) is 4. The van der Waals surface area contributed by atoms with Crippen molar-refractivity contribution in [1.29, 1.82) is 0 Å². The normalized spacial score (nSPS) is 13.6. The summed E-state index contributed by atoms with van der Waals surface area (Å²) >= 11 is 0. The second kappa shape index (κ2) is 5.50. The first-order valence-electron chi connectivity index (χ1n) is 5.32. The first-order chi connectivity index (χ1) is 7.97. The molecule has 0 aliphatic rings. The van der Waals surface area contributed by atoms with Crippen LogP contribution in [-0.2, 0) is 9.53 Å². The van der Waals surface area contributed by atoms with E-state index in [1.54, 1.807) is 31.2 Å². The molecular weight excluding hydrogens is 220 g/mol. The lowest BCUT2D eigenvalue weighted by Gasteiger charge is -2.26. The van der Waals surface area contributed by atoms with Crippen LogP contribution in [0.1, 0.15) is 20.3 Å². The van der Waals surface area contributed by atoms with Gasteiger partial charge in [0.05, 0.1) is 6.42 Å². The third-order valence-electron chi connectivity index (χ3n) is 2.07. The Balaban J connectivity index is 2.75. The topological polar surface area (TPSA) is 55.8 Å². The number of rotatable bonds is 5. The zero-order valence-electron chi connectivity index (χ0n) is 9.97. The summed E-state index contributed by atoms with van der Waals surface area (Å²) in [5.41, 5.74) is 0.202. The van der Waals surface area contributed by atoms with E-state index in [1.165, 1.54) is 6.92 Å². The highest BCUT2D eigenvalue weighted by Gasteiger charge is 2.32. The zero-order chi connectivity index (χ0) is 12.9. The predicted octanol–water partition coefficient (Wildman–Crippen LogP) is 2.24. The molecule has 0 radical (unpaired) electrons. The molecule has 0 aromatic heterocycles. The molecule has 0 bridgehead atoms. The van der Waals surface area contributed by atoms with Crippen molar-refractivity contribution in [2.75, 3.05) is 0 Å². The van der Waals surface area contributed by atoms with Crippen molar-refractivity contribution in [3.63, 3.8) is 0 Å². The van der Waals surface area contributed by atoms with Gasteiger partial charge in [0.1, 0.15) is 5.75 Å². The van der Waals surface area contributed by atoms with E-state index in [9.17, 15) is 9.90 Å². The SMILES string of the molecule is C=C(C)C(=O)OC(O)(CC)Oc1ccccc1. The molecule has 0 amide bonds. The van der Waals surface area contributed by atoms with E-state index in [1.807, 2.05) is 6.07 Å². The summed E-state index contributed by atoms with van der Waals surface area (Å²) in [6.07, 6.45) is 0.112. The van der Waals surface area contributed by atoms with E-state index in [2.05, 4.69) is 6.58 Å². The number of para-hydroxylation sites is 1. The van der Waals surface area contributed by atoms with E-state index in [4.69, 9.17) is 9.47 Å². The molecule has 4 nitrogen and oxygen atoms in total. The van der Waals surface area contributed by atoms with Crippen molar-refractivity contribution < 1.29 is 19.4 Å². The maximum Gasteiger partial charge on any atom is 0.371 e. The average molecular weight is 236 g/mol. The number of carbonyl (C=O) groups is 1. The number of carbonyl (C=O) groups excluding carboxylic acids is 1. The summed E-state index contributed by atoms with van der Waals surface area (Å²) < 4.78 is 10.1. The molecule has 0 aliphatic carbocycles. The van der Waals surface area contributed by atoms with Crippen LogP contribution in [0.2, 0.25) is 0 Å². The van der Waals surface area contributed by atoms with Gasteiger partial charge in [-0.3, -0.25) is 0 Å². The summed E-state index contributed by atoms with van der Waals surface area (Å²) in [5.74, 6) is -2.23. The highest BCUT2D eigenvalue weighted by molar-refractivity contribution is 5.87. The Morgan fingerprint density at radius 3 is 2.47 bits per heavy atom. The lowest BCUT2D eigenvalue weighted by molar-refractivity contribution is -0.301. The fourth-order valence-electron chi connectivity index (χ4n) is 1.07. The molecule has 1 aromatic carbocycles. The summed E-state index contributed by atoms with van der Waals surface area (Å²) in [6, 6.07) is 8.65. The lowest BCUT2D eigenvalue weighted by Crippen LogP contribution is -2.40. The van der Waals surface area contributed by atoms with Gasteiger partial charge in [-0.05, 0) is 19.1 Å². The number of esters is 1. The van der Waals surface area contributed by atoms with Crippen molar-refractivity contribution in [3.8, 4) is 5.75 Å². The Labute approximate surface area is 100 Å². The molecule has 0 aliphatic heterocycles. The van der Waals surface area contributed by atoms with Crippen LogP contribution in [0.25, 0.3) is 0 Å². The van der Waals surface area contributed by atoms with E-state index in [0.29, 0.717) is 5.75 Å². The molecule has 1 rings (SSSR count). The molecule has 92 valence electrons. The first kappa shape index (κ1) is 13.3. The van der Waals surface area contributed by atoms with Gasteiger partial charge in [0.2, 0.25) is 0 Å². The summed E-state index contributed by atoms with van der Waals surface area (Å²) in [5, 5.41) is 9.99. The van der Waals surface area contributed by atoms with Crippen LogP contribution in [0.3, 0.4) is 0 Å². The summed E-state index contributed by atoms with van der Waals surface area (Å²) in [7, 11) is 0. The van der Waals surface area contributed by atoms with E-state index in [-0.39, 0.29) is 12.0 Å². The molecule has 1 N–H and O–H groups in total. The second-order valence-corrected chi connectivity index (χ2v) is 3.65. The molecule has 0 fully saturated rings. The molecule has 0 spiro atoms. The maximum absolute atomic E-state index is 11.3. The Kier molecular flexibility index (Phi) is 4.29. The van der Waals surface area contributed by atoms with Gasteiger partial charge in [0.15, 0.2) is 0 Å². The van der Waals surface area contributed by atoms with E-state index in [0.717, 1.165) is 0 Å². The molecule has 1 aromatic rings. The Morgan fingerprint density at radius 1 is 1.41 bits per heavy atom. The molecule has 0 heterocycles. The lowest BCUT2D eigenvalue weighted by atomic mass is 10.3. The Bertz CT molecular complexity index is 399. The first-order valence-corrected chi connectivity index (χ1v) is 5.32. The second-order valence-electron chi connectivity index (χ2n) is 3.65. The summed E-state index contributed by atoms with van der Waals surface area (Å²) in [6.45, 7) is 6.59. The van der Waals surface area contributed by atoms with Crippen LogP contribution in [-0.4, -0.2) is 17.0 Å². The highest BCUT2D eigenvalue weighted by Crippen LogP contribution is 2.21. The number of ether oxygens (including phenoxy) is 2. The van der Waals surface area contributed by atoms with Crippen LogP contribution < -0.4 is 4.74 Å². The highest BCUT2D eigenvalue weighted by atomic mass is 16.8. The number of benzene rings is 1. The molecule has 0 saturated heterocycles. The monoisotopic (exact) mass is 236 g/mol. The largest absolute Gasteiger partial charge is 0.430 e. The van der Waals surface area contributed by atoms with Crippen molar-refractivity contribution in [1.82, 2.24) is 0 Å². The number of aliphatic hydroxyl groups is 1. The summed E-state index contributed by atoms with van der Waals surface area (Å²) in [4.78, 5) is 11.3. The predicted molar refractivity (Wildman–Crippen MR) is 63.2 cm³/mol. The van der Waals surface area contributed by atoms with Crippen molar-refractivity contribution >= 4 is 5.97 Å². The van der Waals surface area contributed by atoms with Gasteiger partial charge in [0, 0.05) is 5.57 Å². The standard InChI is InChI=1S/C13H16O4/c1-4-13(15,17-12(14)10(2)3)16-11-8-6-5-7-9-11/h5-9,15H,2,4H2,1,3H3. The van der Waals surface area contributed by atoms with Crippen molar-refractivity contribution in [2.24, 2.45) is 0 Å². The van der Waals surface area contributed by atoms with Crippen LogP contribution in [0, 0.1) is 0 Å². The molecular formula is C13H16O4. The number of hydrogen-bond donors (Lipinski definition) is 1. The minimum atomic E-state index is -1.96. The van der Waals surface area contributed by atoms with Gasteiger partial charge in [-0.1, -0.05) is 31.7 Å². The van der Waals surface area contributed by atoms with Crippen LogP contribution in [0.5, 0.6) is 5.75 Å². The fraction of sp³-hybridized carbons (Fsp3) is 0.308. The van der Waals surface area contributed by atoms with Gasteiger partial charge in [-0.15, -0.1) is 0 Å². The third kappa shape index (κ3) is 3.92. The van der Waals surface area contributed by atoms with Crippen LogP contribution in [0.4, 0.5) is 0 Å². The molecule has 1 atom stereocenters. The van der Waals surface area contributed by atoms with Gasteiger partial charge in [-0.2, -0.15) is 0 Å². The third-order valence-corrected chi connectivity index (χ3v) is 2.07. The van der Waals surface area contributed by atoms with Crippen molar-refractivity contribution in [3.05, 3.63) is 42.5 Å². The minimum absolute atomic E-state index is 0.112.